The molecule has 1 amide bonds. The highest BCUT2D eigenvalue weighted by atomic mass is 16.5. The van der Waals surface area contributed by atoms with E-state index in [2.05, 4.69) is 13.8 Å². The Hall–Kier alpha value is -1.10. The summed E-state index contributed by atoms with van der Waals surface area (Å²) in [4.78, 5) is 25.4. The molecular weight excluding hydrogens is 258 g/mol. The van der Waals surface area contributed by atoms with Gasteiger partial charge in [0.2, 0.25) is 5.91 Å². The van der Waals surface area contributed by atoms with Gasteiger partial charge in [-0.05, 0) is 24.7 Å². The van der Waals surface area contributed by atoms with Crippen LogP contribution in [0.4, 0.5) is 0 Å². The molecule has 114 valence electrons. The third-order valence-corrected chi connectivity index (χ3v) is 4.48. The fourth-order valence-corrected chi connectivity index (χ4v) is 3.46. The molecule has 2 unspecified atom stereocenters. The van der Waals surface area contributed by atoms with E-state index in [9.17, 15) is 9.59 Å². The molecule has 2 rings (SSSR count). The van der Waals surface area contributed by atoms with Gasteiger partial charge in [0.15, 0.2) is 0 Å². The molecule has 1 aliphatic heterocycles. The van der Waals surface area contributed by atoms with Crippen LogP contribution in [0.1, 0.15) is 46.0 Å². The quantitative estimate of drug-likeness (QED) is 0.859. The maximum absolute atomic E-state index is 12.7. The molecule has 1 saturated heterocycles. The lowest BCUT2D eigenvalue weighted by Crippen LogP contribution is -2.52. The summed E-state index contributed by atoms with van der Waals surface area (Å²) in [5.41, 5.74) is 0.215. The van der Waals surface area contributed by atoms with Crippen LogP contribution < -0.4 is 0 Å². The van der Waals surface area contributed by atoms with E-state index in [4.69, 9.17) is 9.84 Å². The summed E-state index contributed by atoms with van der Waals surface area (Å²) in [6.45, 7) is 5.79. The van der Waals surface area contributed by atoms with Crippen molar-refractivity contribution >= 4 is 11.9 Å². The molecule has 0 bridgehead atoms. The Morgan fingerprint density at radius 3 is 2.80 bits per heavy atom. The highest BCUT2D eigenvalue weighted by Crippen LogP contribution is 2.39. The van der Waals surface area contributed by atoms with E-state index >= 15 is 0 Å². The Balaban J connectivity index is 2.03. The number of hydrogen-bond acceptors (Lipinski definition) is 3. The number of ether oxygens (including phenoxy) is 1. The number of morpholine rings is 1. The fourth-order valence-electron chi connectivity index (χ4n) is 3.46. The van der Waals surface area contributed by atoms with Crippen LogP contribution in [-0.4, -0.2) is 47.7 Å². The minimum atomic E-state index is -0.873. The Morgan fingerprint density at radius 1 is 1.40 bits per heavy atom. The summed E-state index contributed by atoms with van der Waals surface area (Å²) in [5.74, 6) is -0.692. The number of carbonyl (C=O) groups excluding carboxylic acids is 1. The van der Waals surface area contributed by atoms with Crippen LogP contribution in [-0.2, 0) is 14.3 Å². The second-order valence-corrected chi connectivity index (χ2v) is 6.82. The van der Waals surface area contributed by atoms with Crippen molar-refractivity contribution in [2.45, 2.75) is 52.0 Å². The van der Waals surface area contributed by atoms with Crippen LogP contribution in [0.3, 0.4) is 0 Å². The second-order valence-electron chi connectivity index (χ2n) is 6.82. The molecule has 1 aliphatic carbocycles. The van der Waals surface area contributed by atoms with Gasteiger partial charge in [-0.1, -0.05) is 20.3 Å². The average molecular weight is 283 g/mol. The van der Waals surface area contributed by atoms with E-state index in [1.165, 1.54) is 6.42 Å². The molecule has 2 aliphatic rings. The summed E-state index contributed by atoms with van der Waals surface area (Å²) in [7, 11) is 0. The van der Waals surface area contributed by atoms with E-state index in [-0.39, 0.29) is 29.7 Å². The molecule has 5 nitrogen and oxygen atoms in total. The zero-order valence-corrected chi connectivity index (χ0v) is 12.4. The van der Waals surface area contributed by atoms with Gasteiger partial charge in [0.1, 0.15) is 0 Å². The van der Waals surface area contributed by atoms with Crippen molar-refractivity contribution in [3.63, 3.8) is 0 Å². The topological polar surface area (TPSA) is 66.8 Å². The molecule has 0 radical (unpaired) electrons. The second kappa shape index (κ2) is 6.12. The zero-order chi connectivity index (χ0) is 14.8. The number of carbonyl (C=O) groups is 2. The van der Waals surface area contributed by atoms with Crippen molar-refractivity contribution in [3.05, 3.63) is 0 Å². The molecular formula is C15H25NO4. The van der Waals surface area contributed by atoms with Crippen molar-refractivity contribution in [2.24, 2.45) is 11.3 Å². The monoisotopic (exact) mass is 283 g/mol. The smallest absolute Gasteiger partial charge is 0.305 e. The predicted molar refractivity (Wildman–Crippen MR) is 74.3 cm³/mol. The van der Waals surface area contributed by atoms with Gasteiger partial charge in [-0.3, -0.25) is 9.59 Å². The van der Waals surface area contributed by atoms with E-state index in [0.29, 0.717) is 19.8 Å². The zero-order valence-electron chi connectivity index (χ0n) is 12.4. The van der Waals surface area contributed by atoms with Crippen LogP contribution in [0.15, 0.2) is 0 Å². The molecule has 0 spiro atoms. The first-order valence-corrected chi connectivity index (χ1v) is 7.49. The van der Waals surface area contributed by atoms with Crippen LogP contribution in [0, 0.1) is 11.3 Å². The van der Waals surface area contributed by atoms with Crippen molar-refractivity contribution in [1.29, 1.82) is 0 Å². The number of carboxylic acid groups (broad SMARTS) is 1. The van der Waals surface area contributed by atoms with E-state index in [1.807, 2.05) is 0 Å². The van der Waals surface area contributed by atoms with Gasteiger partial charge in [0.25, 0.3) is 0 Å². The summed E-state index contributed by atoms with van der Waals surface area (Å²) in [5, 5.41) is 8.97. The number of aliphatic carboxylic acids is 1. The van der Waals surface area contributed by atoms with Crippen LogP contribution in [0.2, 0.25) is 0 Å². The van der Waals surface area contributed by atoms with E-state index < -0.39 is 5.97 Å². The lowest BCUT2D eigenvalue weighted by atomic mass is 9.72. The van der Waals surface area contributed by atoms with Gasteiger partial charge in [-0.15, -0.1) is 0 Å². The third kappa shape index (κ3) is 3.72. The summed E-state index contributed by atoms with van der Waals surface area (Å²) in [6.07, 6.45) is 4.06. The number of amides is 1. The molecule has 1 heterocycles. The molecule has 0 aromatic rings. The number of carboxylic acids is 1. The normalized spacial score (nSPS) is 30.0. The van der Waals surface area contributed by atoms with E-state index in [1.54, 1.807) is 4.90 Å². The van der Waals surface area contributed by atoms with Crippen LogP contribution in [0.5, 0.6) is 0 Å². The Kier molecular flexibility index (Phi) is 4.68. The number of rotatable bonds is 3. The number of nitrogens with zero attached hydrogens (tertiary/aromatic N) is 1. The highest BCUT2D eigenvalue weighted by molar-refractivity contribution is 5.80. The molecule has 2 fully saturated rings. The first-order chi connectivity index (χ1) is 9.39. The van der Waals surface area contributed by atoms with Crippen molar-refractivity contribution in [3.8, 4) is 0 Å². The average Bonchev–Trinajstić information content (AvgIpc) is 2.36. The van der Waals surface area contributed by atoms with Crippen LogP contribution in [0.25, 0.3) is 0 Å². The highest BCUT2D eigenvalue weighted by Gasteiger charge is 2.37. The number of hydrogen-bond donors (Lipinski definition) is 1. The third-order valence-electron chi connectivity index (χ3n) is 4.48. The van der Waals surface area contributed by atoms with Crippen LogP contribution >= 0.6 is 0 Å². The minimum Gasteiger partial charge on any atom is -0.481 e. The molecule has 2 atom stereocenters. The van der Waals surface area contributed by atoms with E-state index in [0.717, 1.165) is 19.3 Å². The lowest BCUT2D eigenvalue weighted by Gasteiger charge is -2.41. The SMILES string of the molecule is CC1(C)CCCC(C(=O)N2CCOCC2CC(=O)O)C1. The summed E-state index contributed by atoms with van der Waals surface area (Å²) >= 11 is 0. The standard InChI is InChI=1S/C15H25NO4/c1-15(2)5-3-4-11(9-15)14(19)16-6-7-20-10-12(16)8-13(17)18/h11-12H,3-10H2,1-2H3,(H,17,18). The Morgan fingerprint density at radius 2 is 2.15 bits per heavy atom. The van der Waals surface area contributed by atoms with Gasteiger partial charge < -0.3 is 14.7 Å². The largest absolute Gasteiger partial charge is 0.481 e. The Bertz CT molecular complexity index is 380. The molecule has 5 heteroatoms. The lowest BCUT2D eigenvalue weighted by molar-refractivity contribution is -0.150. The molecule has 1 N–H and O–H groups in total. The summed E-state index contributed by atoms with van der Waals surface area (Å²) < 4.78 is 5.33. The maximum Gasteiger partial charge on any atom is 0.305 e. The summed E-state index contributed by atoms with van der Waals surface area (Å²) in [6, 6.07) is -0.307. The van der Waals surface area contributed by atoms with Crippen molar-refractivity contribution in [1.82, 2.24) is 4.90 Å². The van der Waals surface area contributed by atoms with Gasteiger partial charge in [0, 0.05) is 12.5 Å². The fraction of sp³-hybridized carbons (Fsp3) is 0.867. The first-order valence-electron chi connectivity index (χ1n) is 7.49. The molecule has 0 aromatic carbocycles. The van der Waals surface area contributed by atoms with Gasteiger partial charge in [-0.25, -0.2) is 0 Å². The maximum atomic E-state index is 12.7. The first kappa shape index (κ1) is 15.3. The molecule has 1 saturated carbocycles. The van der Waals surface area contributed by atoms with Crippen molar-refractivity contribution < 1.29 is 19.4 Å². The minimum absolute atomic E-state index is 0.0259. The van der Waals surface area contributed by atoms with Gasteiger partial charge in [-0.2, -0.15) is 0 Å². The van der Waals surface area contributed by atoms with Gasteiger partial charge in [0.05, 0.1) is 25.7 Å². The van der Waals surface area contributed by atoms with Gasteiger partial charge >= 0.3 is 5.97 Å². The molecule has 0 aromatic heterocycles. The Labute approximate surface area is 120 Å². The predicted octanol–water partition coefficient (Wildman–Crippen LogP) is 1.90. The molecule has 20 heavy (non-hydrogen) atoms. The van der Waals surface area contributed by atoms with Crippen molar-refractivity contribution in [2.75, 3.05) is 19.8 Å².